The minimum absolute atomic E-state index is 0.564. The average molecular weight is 146 g/mol. The fourth-order valence-electron chi connectivity index (χ4n) is 1.12. The second-order valence-electron chi connectivity index (χ2n) is 2.44. The monoisotopic (exact) mass is 146 g/mol. The van der Waals surface area contributed by atoms with E-state index in [0.29, 0.717) is 6.10 Å². The molecule has 0 aliphatic carbocycles. The van der Waals surface area contributed by atoms with E-state index >= 15 is 0 Å². The normalized spacial score (nSPS) is 28.3. The summed E-state index contributed by atoms with van der Waals surface area (Å²) in [7, 11) is 0. The molecule has 1 atom stereocenters. The van der Waals surface area contributed by atoms with Gasteiger partial charge < -0.3 is 4.74 Å². The molecule has 1 rings (SSSR count). The van der Waals surface area contributed by atoms with Crippen LogP contribution < -0.4 is 0 Å². The standard InChI is InChI=1S/C7H14OS/c1-9-6-7-4-2-3-5-8-7/h7H,2-6H2,1H3. The molecule has 0 aromatic heterocycles. The van der Waals surface area contributed by atoms with Gasteiger partial charge in [0.1, 0.15) is 0 Å². The summed E-state index contributed by atoms with van der Waals surface area (Å²) in [5.41, 5.74) is 0. The molecule has 1 aliphatic rings. The number of hydrogen-bond donors (Lipinski definition) is 0. The topological polar surface area (TPSA) is 9.23 Å². The minimum Gasteiger partial charge on any atom is -0.377 e. The van der Waals surface area contributed by atoms with Gasteiger partial charge in [-0.2, -0.15) is 11.8 Å². The van der Waals surface area contributed by atoms with Gasteiger partial charge in [-0.3, -0.25) is 0 Å². The summed E-state index contributed by atoms with van der Waals surface area (Å²) in [6, 6.07) is 0. The Hall–Kier alpha value is 0.310. The zero-order valence-corrected chi connectivity index (χ0v) is 6.75. The summed E-state index contributed by atoms with van der Waals surface area (Å²) >= 11 is 1.88. The first-order valence-electron chi connectivity index (χ1n) is 3.54. The molecular weight excluding hydrogens is 132 g/mol. The lowest BCUT2D eigenvalue weighted by Gasteiger charge is -2.21. The van der Waals surface area contributed by atoms with Gasteiger partial charge in [-0.15, -0.1) is 0 Å². The summed E-state index contributed by atoms with van der Waals surface area (Å²) in [6.07, 6.45) is 6.61. The maximum absolute atomic E-state index is 5.50. The predicted octanol–water partition coefficient (Wildman–Crippen LogP) is 1.92. The van der Waals surface area contributed by atoms with E-state index < -0.39 is 0 Å². The number of rotatable bonds is 2. The van der Waals surface area contributed by atoms with Crippen LogP contribution in [0, 0.1) is 0 Å². The fourth-order valence-corrected chi connectivity index (χ4v) is 1.76. The second kappa shape index (κ2) is 4.18. The van der Waals surface area contributed by atoms with E-state index in [2.05, 4.69) is 6.26 Å². The van der Waals surface area contributed by atoms with Crippen LogP contribution in [0.4, 0.5) is 0 Å². The minimum atomic E-state index is 0.564. The third kappa shape index (κ3) is 2.59. The lowest BCUT2D eigenvalue weighted by Crippen LogP contribution is -2.20. The van der Waals surface area contributed by atoms with E-state index in [4.69, 9.17) is 4.74 Å². The molecule has 1 aliphatic heterocycles. The Morgan fingerprint density at radius 3 is 3.00 bits per heavy atom. The van der Waals surface area contributed by atoms with Crippen LogP contribution in [0.2, 0.25) is 0 Å². The van der Waals surface area contributed by atoms with Crippen molar-refractivity contribution in [1.29, 1.82) is 0 Å². The molecule has 0 spiro atoms. The van der Waals surface area contributed by atoms with E-state index in [0.717, 1.165) is 6.61 Å². The third-order valence-corrected chi connectivity index (χ3v) is 2.33. The van der Waals surface area contributed by atoms with Crippen molar-refractivity contribution in [3.05, 3.63) is 0 Å². The van der Waals surface area contributed by atoms with E-state index in [1.54, 1.807) is 0 Å². The largest absolute Gasteiger partial charge is 0.377 e. The lowest BCUT2D eigenvalue weighted by molar-refractivity contribution is 0.0316. The zero-order valence-electron chi connectivity index (χ0n) is 5.93. The molecule has 54 valence electrons. The van der Waals surface area contributed by atoms with Crippen LogP contribution in [0.1, 0.15) is 19.3 Å². The summed E-state index contributed by atoms with van der Waals surface area (Å²) in [4.78, 5) is 0. The van der Waals surface area contributed by atoms with Gasteiger partial charge in [0.15, 0.2) is 0 Å². The first kappa shape index (κ1) is 7.42. The van der Waals surface area contributed by atoms with Crippen LogP contribution in [0.5, 0.6) is 0 Å². The highest BCUT2D eigenvalue weighted by molar-refractivity contribution is 7.98. The maximum atomic E-state index is 5.50. The average Bonchev–Trinajstić information content (AvgIpc) is 1.91. The quantitative estimate of drug-likeness (QED) is 0.588. The molecule has 0 amide bonds. The molecule has 0 bridgehead atoms. The van der Waals surface area contributed by atoms with Gasteiger partial charge in [0.2, 0.25) is 0 Å². The zero-order chi connectivity index (χ0) is 6.53. The van der Waals surface area contributed by atoms with Crippen molar-refractivity contribution in [2.45, 2.75) is 25.4 Å². The molecule has 0 N–H and O–H groups in total. The molecule has 1 nitrogen and oxygen atoms in total. The van der Waals surface area contributed by atoms with Crippen molar-refractivity contribution in [1.82, 2.24) is 0 Å². The highest BCUT2D eigenvalue weighted by Crippen LogP contribution is 2.15. The number of thioether (sulfide) groups is 1. The Morgan fingerprint density at radius 1 is 1.56 bits per heavy atom. The van der Waals surface area contributed by atoms with Gasteiger partial charge in [-0.25, -0.2) is 0 Å². The first-order chi connectivity index (χ1) is 4.43. The van der Waals surface area contributed by atoms with Crippen molar-refractivity contribution >= 4 is 11.8 Å². The van der Waals surface area contributed by atoms with Crippen LogP contribution >= 0.6 is 11.8 Å². The van der Waals surface area contributed by atoms with Gasteiger partial charge in [0.25, 0.3) is 0 Å². The predicted molar refractivity (Wildman–Crippen MR) is 42.0 cm³/mol. The van der Waals surface area contributed by atoms with E-state index in [9.17, 15) is 0 Å². The van der Waals surface area contributed by atoms with Gasteiger partial charge in [0.05, 0.1) is 6.10 Å². The van der Waals surface area contributed by atoms with Crippen LogP contribution in [0.25, 0.3) is 0 Å². The summed E-state index contributed by atoms with van der Waals surface area (Å²) < 4.78 is 5.50. The summed E-state index contributed by atoms with van der Waals surface area (Å²) in [6.45, 7) is 0.991. The molecular formula is C7H14OS. The fraction of sp³-hybridized carbons (Fsp3) is 1.00. The molecule has 9 heavy (non-hydrogen) atoms. The Kier molecular flexibility index (Phi) is 3.44. The molecule has 0 radical (unpaired) electrons. The third-order valence-electron chi connectivity index (χ3n) is 1.63. The molecule has 0 aromatic carbocycles. The Labute approximate surface area is 61.2 Å². The van der Waals surface area contributed by atoms with Crippen molar-refractivity contribution in [3.8, 4) is 0 Å². The molecule has 0 saturated carbocycles. The van der Waals surface area contributed by atoms with Crippen molar-refractivity contribution in [2.24, 2.45) is 0 Å². The SMILES string of the molecule is CSCC1CCCCO1. The smallest absolute Gasteiger partial charge is 0.0665 e. The molecule has 1 unspecified atom stereocenters. The van der Waals surface area contributed by atoms with Crippen molar-refractivity contribution in [3.63, 3.8) is 0 Å². The molecule has 1 fully saturated rings. The van der Waals surface area contributed by atoms with Gasteiger partial charge in [-0.05, 0) is 25.5 Å². The van der Waals surface area contributed by atoms with Crippen LogP contribution in [0.3, 0.4) is 0 Å². The second-order valence-corrected chi connectivity index (χ2v) is 3.35. The Morgan fingerprint density at radius 2 is 2.44 bits per heavy atom. The lowest BCUT2D eigenvalue weighted by atomic mass is 10.1. The maximum Gasteiger partial charge on any atom is 0.0665 e. The first-order valence-corrected chi connectivity index (χ1v) is 4.93. The van der Waals surface area contributed by atoms with Crippen LogP contribution in [-0.2, 0) is 4.74 Å². The van der Waals surface area contributed by atoms with Crippen molar-refractivity contribution < 1.29 is 4.74 Å². The number of ether oxygens (including phenoxy) is 1. The summed E-state index contributed by atoms with van der Waals surface area (Å²) in [5.74, 6) is 1.18. The molecule has 1 saturated heterocycles. The molecule has 1 heterocycles. The highest BCUT2D eigenvalue weighted by atomic mass is 32.2. The summed E-state index contributed by atoms with van der Waals surface area (Å²) in [5, 5.41) is 0. The van der Waals surface area contributed by atoms with Gasteiger partial charge >= 0.3 is 0 Å². The highest BCUT2D eigenvalue weighted by Gasteiger charge is 2.11. The van der Waals surface area contributed by atoms with Crippen LogP contribution in [-0.4, -0.2) is 24.7 Å². The van der Waals surface area contributed by atoms with Crippen LogP contribution in [0.15, 0.2) is 0 Å². The molecule has 0 aromatic rings. The van der Waals surface area contributed by atoms with E-state index in [1.807, 2.05) is 11.8 Å². The van der Waals surface area contributed by atoms with Gasteiger partial charge in [-0.1, -0.05) is 0 Å². The molecule has 2 heteroatoms. The van der Waals surface area contributed by atoms with Crippen molar-refractivity contribution in [2.75, 3.05) is 18.6 Å². The Balaban J connectivity index is 2.08. The Bertz CT molecular complexity index is 66.6. The van der Waals surface area contributed by atoms with E-state index in [-0.39, 0.29) is 0 Å². The van der Waals surface area contributed by atoms with E-state index in [1.165, 1.54) is 25.0 Å². The van der Waals surface area contributed by atoms with Gasteiger partial charge in [0, 0.05) is 12.4 Å². The number of hydrogen-bond acceptors (Lipinski definition) is 2.